The Hall–Kier alpha value is -3.14. The molecular weight excluding hydrogens is 404 g/mol. The molecule has 1 amide bonds. The molecular formula is C21H23F2N7O. The second-order valence-electron chi connectivity index (χ2n) is 8.29. The van der Waals surface area contributed by atoms with Crippen LogP contribution in [0.25, 0.3) is 5.65 Å². The van der Waals surface area contributed by atoms with Crippen LogP contribution in [0.15, 0.2) is 30.9 Å². The molecule has 1 aliphatic heterocycles. The molecule has 2 atom stereocenters. The third-order valence-electron chi connectivity index (χ3n) is 5.95. The monoisotopic (exact) mass is 427 g/mol. The number of hydrogen-bond donors (Lipinski definition) is 1. The van der Waals surface area contributed by atoms with Crippen LogP contribution in [0.2, 0.25) is 0 Å². The highest BCUT2D eigenvalue weighted by Gasteiger charge is 2.41. The van der Waals surface area contributed by atoms with E-state index in [1.165, 1.54) is 22.9 Å². The first-order chi connectivity index (χ1) is 14.9. The van der Waals surface area contributed by atoms with Gasteiger partial charge in [-0.2, -0.15) is 0 Å². The number of carbonyl (C=O) groups is 1. The van der Waals surface area contributed by atoms with E-state index in [2.05, 4.69) is 25.2 Å². The molecule has 0 radical (unpaired) electrons. The zero-order valence-corrected chi connectivity index (χ0v) is 17.3. The van der Waals surface area contributed by atoms with Crippen molar-refractivity contribution in [3.8, 4) is 0 Å². The van der Waals surface area contributed by atoms with Gasteiger partial charge in [0.25, 0.3) is 5.91 Å². The van der Waals surface area contributed by atoms with Crippen LogP contribution >= 0.6 is 0 Å². The highest BCUT2D eigenvalue weighted by atomic mass is 19.1. The van der Waals surface area contributed by atoms with Crippen molar-refractivity contribution in [3.63, 3.8) is 0 Å². The molecule has 0 bridgehead atoms. The Morgan fingerprint density at radius 2 is 2.03 bits per heavy atom. The summed E-state index contributed by atoms with van der Waals surface area (Å²) in [5.41, 5.74) is 1.24. The molecule has 8 nitrogen and oxygen atoms in total. The summed E-state index contributed by atoms with van der Waals surface area (Å²) >= 11 is 0. The van der Waals surface area contributed by atoms with E-state index in [9.17, 15) is 13.6 Å². The molecule has 31 heavy (non-hydrogen) atoms. The summed E-state index contributed by atoms with van der Waals surface area (Å²) in [6, 6.07) is 1.54. The Labute approximate surface area is 177 Å². The van der Waals surface area contributed by atoms with E-state index in [-0.39, 0.29) is 29.6 Å². The number of fused-ring (bicyclic) bond motifs is 1. The highest BCUT2D eigenvalue weighted by molar-refractivity contribution is 6.02. The van der Waals surface area contributed by atoms with Crippen LogP contribution in [0.1, 0.15) is 29.0 Å². The number of aromatic nitrogens is 4. The van der Waals surface area contributed by atoms with Gasteiger partial charge in [0.05, 0.1) is 36.4 Å². The average molecular weight is 427 g/mol. The Morgan fingerprint density at radius 1 is 1.23 bits per heavy atom. The Bertz CT molecular complexity index is 1130. The Morgan fingerprint density at radius 3 is 2.74 bits per heavy atom. The smallest absolute Gasteiger partial charge is 0.275 e. The third-order valence-corrected chi connectivity index (χ3v) is 5.95. The fourth-order valence-electron chi connectivity index (χ4n) is 4.12. The van der Waals surface area contributed by atoms with E-state index in [4.69, 9.17) is 0 Å². The molecule has 3 aromatic rings. The summed E-state index contributed by atoms with van der Waals surface area (Å²) in [7, 11) is 1.98. The second kappa shape index (κ2) is 7.52. The van der Waals surface area contributed by atoms with Gasteiger partial charge in [0, 0.05) is 31.0 Å². The van der Waals surface area contributed by atoms with Crippen molar-refractivity contribution in [1.29, 1.82) is 0 Å². The number of nitrogens with one attached hydrogen (secondary N) is 1. The van der Waals surface area contributed by atoms with Crippen LogP contribution in [0.4, 0.5) is 20.3 Å². The van der Waals surface area contributed by atoms with E-state index in [1.54, 1.807) is 19.3 Å². The number of pyridine rings is 1. The van der Waals surface area contributed by atoms with E-state index in [0.29, 0.717) is 24.1 Å². The minimum Gasteiger partial charge on any atom is -0.351 e. The van der Waals surface area contributed by atoms with Crippen molar-refractivity contribution in [2.45, 2.75) is 38.0 Å². The summed E-state index contributed by atoms with van der Waals surface area (Å²) in [5.74, 6) is -0.508. The second-order valence-corrected chi connectivity index (χ2v) is 8.29. The minimum atomic E-state index is -0.952. The standard InChI is InChI=1S/C21H23F2N7O/c1-12-8-30-9-13(5-15(22)20(30)26-12)27-21(31)17-6-25-19(7-24-17)29-10-16(23)18(11-29)28(2)14-3-4-14/h5-9,14,16,18H,3-4,10-11H2,1-2H3,(H,27,31)/t16-,18+/m0/s1. The molecule has 3 aromatic heterocycles. The number of anilines is 2. The van der Waals surface area contributed by atoms with Gasteiger partial charge in [-0.1, -0.05) is 0 Å². The molecule has 10 heteroatoms. The fraction of sp³-hybridized carbons (Fsp3) is 0.429. The van der Waals surface area contributed by atoms with Crippen LogP contribution in [0.5, 0.6) is 0 Å². The quantitative estimate of drug-likeness (QED) is 0.674. The SMILES string of the molecule is Cc1cn2cc(NC(=O)c3cnc(N4C[C@@H](N(C)C5CC5)[C@@H](F)C4)cn3)cc(F)c2n1. The maximum absolute atomic E-state index is 14.5. The Balaban J connectivity index is 1.27. The van der Waals surface area contributed by atoms with Gasteiger partial charge in [-0.3, -0.25) is 9.69 Å². The maximum Gasteiger partial charge on any atom is 0.275 e. The maximum atomic E-state index is 14.5. The number of likely N-dealkylation sites (N-methyl/N-ethyl adjacent to an activating group) is 1. The van der Waals surface area contributed by atoms with Crippen molar-refractivity contribution in [2.75, 3.05) is 30.4 Å². The number of rotatable bonds is 5. The number of nitrogens with zero attached hydrogens (tertiary/aromatic N) is 6. The first kappa shape index (κ1) is 19.8. The number of hydrogen-bond acceptors (Lipinski definition) is 6. The first-order valence-corrected chi connectivity index (χ1v) is 10.3. The molecule has 2 aliphatic rings. The molecule has 1 saturated heterocycles. The number of carbonyl (C=O) groups excluding carboxylic acids is 1. The lowest BCUT2D eigenvalue weighted by atomic mass is 10.2. The molecule has 4 heterocycles. The molecule has 1 aliphatic carbocycles. The van der Waals surface area contributed by atoms with Gasteiger partial charge in [0.2, 0.25) is 0 Å². The topological polar surface area (TPSA) is 78.7 Å². The third kappa shape index (κ3) is 3.83. The van der Waals surface area contributed by atoms with E-state index < -0.39 is 17.9 Å². The molecule has 1 N–H and O–H groups in total. The van der Waals surface area contributed by atoms with Gasteiger partial charge in [0.1, 0.15) is 17.7 Å². The molecule has 0 spiro atoms. The number of aryl methyl sites for hydroxylation is 1. The normalized spacial score (nSPS) is 21.3. The van der Waals surface area contributed by atoms with E-state index in [0.717, 1.165) is 12.8 Å². The first-order valence-electron chi connectivity index (χ1n) is 10.3. The summed E-state index contributed by atoms with van der Waals surface area (Å²) in [5, 5.41) is 2.63. The van der Waals surface area contributed by atoms with Crippen molar-refractivity contribution in [3.05, 3.63) is 48.1 Å². The molecule has 162 valence electrons. The summed E-state index contributed by atoms with van der Waals surface area (Å²) in [6.45, 7) is 2.56. The van der Waals surface area contributed by atoms with Gasteiger partial charge in [0.15, 0.2) is 11.5 Å². The van der Waals surface area contributed by atoms with Crippen LogP contribution in [0, 0.1) is 12.7 Å². The van der Waals surface area contributed by atoms with Gasteiger partial charge < -0.3 is 14.6 Å². The molecule has 5 rings (SSSR count). The van der Waals surface area contributed by atoms with Crippen LogP contribution < -0.4 is 10.2 Å². The van der Waals surface area contributed by atoms with Crippen molar-refractivity contribution >= 4 is 23.1 Å². The highest BCUT2D eigenvalue weighted by Crippen LogP contribution is 2.32. The van der Waals surface area contributed by atoms with Crippen LogP contribution in [0.3, 0.4) is 0 Å². The minimum absolute atomic E-state index is 0.0914. The number of halogens is 2. The van der Waals surface area contributed by atoms with Crippen molar-refractivity contribution < 1.29 is 13.6 Å². The number of alkyl halides is 1. The lowest BCUT2D eigenvalue weighted by Gasteiger charge is -2.25. The van der Waals surface area contributed by atoms with Gasteiger partial charge >= 0.3 is 0 Å². The number of imidazole rings is 1. The van der Waals surface area contributed by atoms with Gasteiger partial charge in [-0.15, -0.1) is 0 Å². The largest absolute Gasteiger partial charge is 0.351 e. The average Bonchev–Trinajstić information content (AvgIpc) is 3.42. The summed E-state index contributed by atoms with van der Waals surface area (Å²) in [6.07, 6.45) is 7.38. The fourth-order valence-corrected chi connectivity index (χ4v) is 4.12. The molecule has 0 aromatic carbocycles. The predicted molar refractivity (Wildman–Crippen MR) is 112 cm³/mol. The summed E-state index contributed by atoms with van der Waals surface area (Å²) < 4.78 is 30.3. The van der Waals surface area contributed by atoms with E-state index >= 15 is 0 Å². The van der Waals surface area contributed by atoms with Gasteiger partial charge in [-0.25, -0.2) is 23.7 Å². The summed E-state index contributed by atoms with van der Waals surface area (Å²) in [4.78, 5) is 29.1. The van der Waals surface area contributed by atoms with Crippen LogP contribution in [-0.2, 0) is 0 Å². The molecule has 1 saturated carbocycles. The molecule has 0 unspecified atom stereocenters. The number of amides is 1. The van der Waals surface area contributed by atoms with Gasteiger partial charge in [-0.05, 0) is 26.8 Å². The molecule has 2 fully saturated rings. The lowest BCUT2D eigenvalue weighted by molar-refractivity contribution is 0.102. The predicted octanol–water partition coefficient (Wildman–Crippen LogP) is 2.45. The zero-order chi connectivity index (χ0) is 21.7. The van der Waals surface area contributed by atoms with Crippen LogP contribution in [-0.4, -0.2) is 68.6 Å². The Kier molecular flexibility index (Phi) is 4.81. The van der Waals surface area contributed by atoms with Crippen molar-refractivity contribution in [2.24, 2.45) is 0 Å². The lowest BCUT2D eigenvalue weighted by Crippen LogP contribution is -2.40. The van der Waals surface area contributed by atoms with Crippen molar-refractivity contribution in [1.82, 2.24) is 24.3 Å². The zero-order valence-electron chi connectivity index (χ0n) is 17.3. The van der Waals surface area contributed by atoms with E-state index in [1.807, 2.05) is 11.9 Å².